The highest BCUT2D eigenvalue weighted by molar-refractivity contribution is 7.92. The van der Waals surface area contributed by atoms with E-state index in [0.29, 0.717) is 22.9 Å². The summed E-state index contributed by atoms with van der Waals surface area (Å²) in [6.07, 6.45) is 7.01. The number of ether oxygens (including phenoxy) is 1. The molecule has 0 heterocycles. The van der Waals surface area contributed by atoms with E-state index in [1.807, 2.05) is 54.6 Å². The Kier molecular flexibility index (Phi) is 12.1. The van der Waals surface area contributed by atoms with Gasteiger partial charge in [-0.25, -0.2) is 8.42 Å². The molecule has 1 aliphatic carbocycles. The summed E-state index contributed by atoms with van der Waals surface area (Å²) in [5.41, 5.74) is 2.26. The minimum atomic E-state index is -3.60. The number of sulfonamides is 1. The monoisotopic (exact) mass is 639 g/mol. The van der Waals surface area contributed by atoms with Crippen LogP contribution in [0.15, 0.2) is 78.9 Å². The van der Waals surface area contributed by atoms with E-state index < -0.39 is 16.1 Å². The van der Waals surface area contributed by atoms with Gasteiger partial charge in [-0.2, -0.15) is 0 Å². The summed E-state index contributed by atoms with van der Waals surface area (Å²) in [4.78, 5) is 29.7. The first kappa shape index (κ1) is 33.3. The van der Waals surface area contributed by atoms with Crippen molar-refractivity contribution in [1.29, 1.82) is 0 Å². The van der Waals surface area contributed by atoms with Crippen molar-refractivity contribution in [3.63, 3.8) is 0 Å². The molecule has 3 aromatic carbocycles. The van der Waals surface area contributed by atoms with Gasteiger partial charge in [0.25, 0.3) is 0 Å². The number of anilines is 1. The summed E-state index contributed by atoms with van der Waals surface area (Å²) in [6.45, 7) is 0.315. The van der Waals surface area contributed by atoms with Gasteiger partial charge in [0.2, 0.25) is 21.8 Å². The first-order valence-electron chi connectivity index (χ1n) is 15.1. The van der Waals surface area contributed by atoms with Crippen LogP contribution in [0.3, 0.4) is 0 Å². The predicted octanol–water partition coefficient (Wildman–Crippen LogP) is 5.98. The molecule has 10 heteroatoms. The Hall–Kier alpha value is -3.56. The third kappa shape index (κ3) is 9.72. The topological polar surface area (TPSA) is 96.0 Å². The molecule has 236 valence electrons. The number of hydrogen-bond acceptors (Lipinski definition) is 5. The highest BCUT2D eigenvalue weighted by atomic mass is 35.5. The fourth-order valence-electron chi connectivity index (χ4n) is 5.68. The molecule has 0 aliphatic heterocycles. The number of carbonyl (C=O) groups excluding carboxylic acids is 2. The van der Waals surface area contributed by atoms with Crippen LogP contribution >= 0.6 is 11.6 Å². The van der Waals surface area contributed by atoms with Gasteiger partial charge in [0.15, 0.2) is 0 Å². The van der Waals surface area contributed by atoms with Gasteiger partial charge in [-0.15, -0.1) is 0 Å². The number of carbonyl (C=O) groups is 2. The zero-order valence-corrected chi connectivity index (χ0v) is 27.0. The van der Waals surface area contributed by atoms with Gasteiger partial charge in [-0.1, -0.05) is 73.3 Å². The Balaban J connectivity index is 1.60. The van der Waals surface area contributed by atoms with E-state index in [-0.39, 0.29) is 43.8 Å². The predicted molar refractivity (Wildman–Crippen MR) is 175 cm³/mol. The van der Waals surface area contributed by atoms with Crippen molar-refractivity contribution in [1.82, 2.24) is 10.2 Å². The Labute approximate surface area is 266 Å². The lowest BCUT2D eigenvalue weighted by Crippen LogP contribution is -2.52. The number of hydrogen-bond donors (Lipinski definition) is 1. The number of halogens is 1. The van der Waals surface area contributed by atoms with E-state index in [1.54, 1.807) is 36.3 Å². The maximum Gasteiger partial charge on any atom is 0.243 e. The van der Waals surface area contributed by atoms with Gasteiger partial charge in [0.05, 0.1) is 19.1 Å². The Bertz CT molecular complexity index is 1480. The molecule has 1 aliphatic rings. The van der Waals surface area contributed by atoms with Crippen molar-refractivity contribution >= 4 is 39.1 Å². The second kappa shape index (κ2) is 16.0. The van der Waals surface area contributed by atoms with E-state index in [1.165, 1.54) is 10.7 Å². The van der Waals surface area contributed by atoms with E-state index in [9.17, 15) is 18.0 Å². The van der Waals surface area contributed by atoms with Gasteiger partial charge in [-0.3, -0.25) is 13.9 Å². The number of rotatable bonds is 14. The minimum Gasteiger partial charge on any atom is -0.497 e. The summed E-state index contributed by atoms with van der Waals surface area (Å²) in [5, 5.41) is 3.75. The van der Waals surface area contributed by atoms with Crippen LogP contribution in [0.25, 0.3) is 0 Å². The van der Waals surface area contributed by atoms with Gasteiger partial charge in [0, 0.05) is 37.0 Å². The molecule has 0 spiro atoms. The average Bonchev–Trinajstić information content (AvgIpc) is 3.02. The first-order valence-corrected chi connectivity index (χ1v) is 17.4. The van der Waals surface area contributed by atoms with Crippen LogP contribution in [0.2, 0.25) is 5.02 Å². The van der Waals surface area contributed by atoms with Gasteiger partial charge >= 0.3 is 0 Å². The van der Waals surface area contributed by atoms with Gasteiger partial charge < -0.3 is 15.0 Å². The van der Waals surface area contributed by atoms with Crippen molar-refractivity contribution in [2.75, 3.05) is 24.2 Å². The second-order valence-corrected chi connectivity index (χ2v) is 13.7. The molecule has 1 atom stereocenters. The first-order chi connectivity index (χ1) is 21.1. The SMILES string of the molecule is COc1cccc(CN(C(=O)CCCN(c2ccc(Cl)cc2)S(C)(=O)=O)C(Cc2ccccc2)C(=O)NC2CCCCC2)c1. The molecule has 3 aromatic rings. The maximum absolute atomic E-state index is 14.1. The lowest BCUT2D eigenvalue weighted by atomic mass is 9.94. The molecule has 4 rings (SSSR count). The number of benzene rings is 3. The van der Waals surface area contributed by atoms with E-state index in [4.69, 9.17) is 16.3 Å². The van der Waals surface area contributed by atoms with Crippen LogP contribution in [-0.4, -0.2) is 57.1 Å². The van der Waals surface area contributed by atoms with E-state index in [0.717, 1.165) is 43.1 Å². The molecule has 0 bridgehead atoms. The molecule has 1 fully saturated rings. The van der Waals surface area contributed by atoms with Crippen LogP contribution < -0.4 is 14.4 Å². The summed E-state index contributed by atoms with van der Waals surface area (Å²) >= 11 is 6.01. The molecular formula is C34H42ClN3O5S. The van der Waals surface area contributed by atoms with Gasteiger partial charge in [-0.05, 0) is 66.8 Å². The normalized spacial score (nSPS) is 14.4. The fraction of sp³-hybridized carbons (Fsp3) is 0.412. The Morgan fingerprint density at radius 2 is 1.64 bits per heavy atom. The number of nitrogens with zero attached hydrogens (tertiary/aromatic N) is 2. The number of nitrogens with one attached hydrogen (secondary N) is 1. The molecule has 0 saturated heterocycles. The molecule has 1 N–H and O–H groups in total. The largest absolute Gasteiger partial charge is 0.497 e. The van der Waals surface area contributed by atoms with Crippen LogP contribution in [0.4, 0.5) is 5.69 Å². The third-order valence-corrected chi connectivity index (χ3v) is 9.42. The van der Waals surface area contributed by atoms with E-state index >= 15 is 0 Å². The Morgan fingerprint density at radius 1 is 0.955 bits per heavy atom. The van der Waals surface area contributed by atoms with Crippen LogP contribution in [0.5, 0.6) is 5.75 Å². The molecule has 8 nitrogen and oxygen atoms in total. The summed E-state index contributed by atoms with van der Waals surface area (Å²) in [6, 6.07) is 23.1. The third-order valence-electron chi connectivity index (χ3n) is 7.98. The summed E-state index contributed by atoms with van der Waals surface area (Å²) < 4.78 is 32.0. The lowest BCUT2D eigenvalue weighted by Gasteiger charge is -2.34. The summed E-state index contributed by atoms with van der Waals surface area (Å²) in [7, 11) is -2.02. The molecule has 0 aromatic heterocycles. The standard InChI is InChI=1S/C34H42ClN3O5S/c1-43-31-16-9-13-27(23-31)25-37(33(39)17-10-22-38(44(2,41)42)30-20-18-28(35)19-21-30)32(24-26-11-5-3-6-12-26)34(40)36-29-14-7-4-8-15-29/h3,5-6,9,11-13,16,18-21,23,29,32H,4,7-8,10,14-15,17,22,24-25H2,1-2H3,(H,36,40). The van der Waals surface area contributed by atoms with E-state index in [2.05, 4.69) is 5.32 Å². The van der Waals surface area contributed by atoms with Crippen molar-refractivity contribution in [3.8, 4) is 5.75 Å². The number of amides is 2. The molecule has 1 unspecified atom stereocenters. The van der Waals surface area contributed by atoms with Crippen molar-refractivity contribution in [3.05, 3.63) is 95.0 Å². The van der Waals surface area contributed by atoms with Crippen LogP contribution in [-0.2, 0) is 32.6 Å². The molecule has 1 saturated carbocycles. The highest BCUT2D eigenvalue weighted by Gasteiger charge is 2.32. The van der Waals surface area contributed by atoms with Gasteiger partial charge in [0.1, 0.15) is 11.8 Å². The van der Waals surface area contributed by atoms with Crippen LogP contribution in [0.1, 0.15) is 56.1 Å². The summed E-state index contributed by atoms with van der Waals surface area (Å²) in [5.74, 6) is 0.265. The quantitative estimate of drug-likeness (QED) is 0.234. The zero-order valence-electron chi connectivity index (χ0n) is 25.5. The Morgan fingerprint density at radius 3 is 2.30 bits per heavy atom. The number of methoxy groups -OCH3 is 1. The lowest BCUT2D eigenvalue weighted by molar-refractivity contribution is -0.141. The smallest absolute Gasteiger partial charge is 0.243 e. The van der Waals surface area contributed by atoms with Crippen molar-refractivity contribution in [2.45, 2.75) is 70.0 Å². The highest BCUT2D eigenvalue weighted by Crippen LogP contribution is 2.24. The second-order valence-electron chi connectivity index (χ2n) is 11.3. The average molecular weight is 640 g/mol. The minimum absolute atomic E-state index is 0.0611. The van der Waals surface area contributed by atoms with Crippen molar-refractivity contribution in [2.24, 2.45) is 0 Å². The van der Waals surface area contributed by atoms with Crippen LogP contribution in [0, 0.1) is 0 Å². The molecular weight excluding hydrogens is 598 g/mol. The maximum atomic E-state index is 14.1. The fourth-order valence-corrected chi connectivity index (χ4v) is 6.77. The zero-order chi connectivity index (χ0) is 31.5. The molecule has 44 heavy (non-hydrogen) atoms. The molecule has 0 radical (unpaired) electrons. The molecule has 2 amide bonds. The van der Waals surface area contributed by atoms with Crippen molar-refractivity contribution < 1.29 is 22.7 Å².